The SMILES string of the molecule is CN1CCCC(CCNC(=O)N2CCN(c3ccncc3)CC2)C1. The predicted molar refractivity (Wildman–Crippen MR) is 96.3 cm³/mol. The lowest BCUT2D eigenvalue weighted by Gasteiger charge is -2.36. The molecule has 1 aromatic heterocycles. The fraction of sp³-hybridized carbons (Fsp3) is 0.667. The third-order valence-electron chi connectivity index (χ3n) is 5.15. The minimum Gasteiger partial charge on any atom is -0.368 e. The molecule has 2 amide bonds. The molecule has 1 unspecified atom stereocenters. The summed E-state index contributed by atoms with van der Waals surface area (Å²) in [6.07, 6.45) is 7.30. The highest BCUT2D eigenvalue weighted by Crippen LogP contribution is 2.18. The van der Waals surface area contributed by atoms with Crippen LogP contribution in [0.5, 0.6) is 0 Å². The van der Waals surface area contributed by atoms with Gasteiger partial charge >= 0.3 is 6.03 Å². The molecular weight excluding hydrogens is 302 g/mol. The van der Waals surface area contributed by atoms with E-state index in [2.05, 4.69) is 27.1 Å². The number of likely N-dealkylation sites (tertiary alicyclic amines) is 1. The van der Waals surface area contributed by atoms with E-state index in [9.17, 15) is 4.79 Å². The number of rotatable bonds is 4. The Morgan fingerprint density at radius 3 is 2.67 bits per heavy atom. The fourth-order valence-corrected chi connectivity index (χ4v) is 3.73. The highest BCUT2D eigenvalue weighted by Gasteiger charge is 2.22. The van der Waals surface area contributed by atoms with Gasteiger partial charge in [-0.3, -0.25) is 4.98 Å². The van der Waals surface area contributed by atoms with Crippen LogP contribution in [0.25, 0.3) is 0 Å². The van der Waals surface area contributed by atoms with Crippen LogP contribution >= 0.6 is 0 Å². The predicted octanol–water partition coefficient (Wildman–Crippen LogP) is 1.65. The Morgan fingerprint density at radius 2 is 1.96 bits per heavy atom. The number of aromatic nitrogens is 1. The first kappa shape index (κ1) is 17.0. The molecule has 1 atom stereocenters. The molecule has 1 aromatic rings. The van der Waals surface area contributed by atoms with Crippen LogP contribution in [-0.4, -0.2) is 73.7 Å². The molecule has 2 saturated heterocycles. The van der Waals surface area contributed by atoms with Crippen molar-refractivity contribution >= 4 is 11.7 Å². The molecule has 0 saturated carbocycles. The van der Waals surface area contributed by atoms with Crippen LogP contribution in [0.3, 0.4) is 0 Å². The number of amides is 2. The van der Waals surface area contributed by atoms with E-state index in [1.165, 1.54) is 31.6 Å². The second-order valence-electron chi connectivity index (χ2n) is 6.97. The molecule has 1 N–H and O–H groups in total. The average Bonchev–Trinajstić information content (AvgIpc) is 2.63. The van der Waals surface area contributed by atoms with E-state index in [1.807, 2.05) is 29.4 Å². The summed E-state index contributed by atoms with van der Waals surface area (Å²) in [4.78, 5) is 23.0. The number of nitrogens with zero attached hydrogens (tertiary/aromatic N) is 4. The van der Waals surface area contributed by atoms with Crippen LogP contribution in [0, 0.1) is 5.92 Å². The molecule has 0 aliphatic carbocycles. The van der Waals surface area contributed by atoms with Gasteiger partial charge in [-0.2, -0.15) is 0 Å². The van der Waals surface area contributed by atoms with Gasteiger partial charge in [0.05, 0.1) is 0 Å². The summed E-state index contributed by atoms with van der Waals surface area (Å²) < 4.78 is 0. The quantitative estimate of drug-likeness (QED) is 0.911. The average molecular weight is 331 g/mol. The molecule has 6 nitrogen and oxygen atoms in total. The maximum Gasteiger partial charge on any atom is 0.317 e. The highest BCUT2D eigenvalue weighted by molar-refractivity contribution is 5.74. The van der Waals surface area contributed by atoms with Gasteiger partial charge in [0.25, 0.3) is 0 Å². The highest BCUT2D eigenvalue weighted by atomic mass is 16.2. The van der Waals surface area contributed by atoms with Crippen molar-refractivity contribution in [1.82, 2.24) is 20.1 Å². The van der Waals surface area contributed by atoms with Crippen molar-refractivity contribution in [1.29, 1.82) is 0 Å². The lowest BCUT2D eigenvalue weighted by atomic mass is 9.95. The molecular formula is C18H29N5O. The number of piperazine rings is 1. The summed E-state index contributed by atoms with van der Waals surface area (Å²) in [5.41, 5.74) is 1.19. The lowest BCUT2D eigenvalue weighted by molar-refractivity contribution is 0.186. The van der Waals surface area contributed by atoms with E-state index in [4.69, 9.17) is 0 Å². The van der Waals surface area contributed by atoms with Crippen molar-refractivity contribution in [2.45, 2.75) is 19.3 Å². The second kappa shape index (κ2) is 8.33. The van der Waals surface area contributed by atoms with Crippen molar-refractivity contribution in [2.24, 2.45) is 5.92 Å². The first-order valence-electron chi connectivity index (χ1n) is 9.08. The standard InChI is InChI=1S/C18H29N5O/c1-21-10-2-3-16(15-21)4-9-20-18(24)23-13-11-22(12-14-23)17-5-7-19-8-6-17/h5-8,16H,2-4,9-15H2,1H3,(H,20,24). The molecule has 0 spiro atoms. The molecule has 2 fully saturated rings. The minimum atomic E-state index is 0.0912. The van der Waals surface area contributed by atoms with Crippen molar-refractivity contribution in [3.63, 3.8) is 0 Å². The topological polar surface area (TPSA) is 51.7 Å². The van der Waals surface area contributed by atoms with E-state index in [0.29, 0.717) is 0 Å². The smallest absolute Gasteiger partial charge is 0.317 e. The van der Waals surface area contributed by atoms with Crippen LogP contribution in [0.2, 0.25) is 0 Å². The van der Waals surface area contributed by atoms with Crippen LogP contribution in [0.1, 0.15) is 19.3 Å². The molecule has 132 valence electrons. The van der Waals surface area contributed by atoms with Crippen molar-refractivity contribution in [3.8, 4) is 0 Å². The number of hydrogen-bond acceptors (Lipinski definition) is 4. The summed E-state index contributed by atoms with van der Waals surface area (Å²) in [6.45, 7) is 6.49. The Kier molecular flexibility index (Phi) is 5.91. The number of urea groups is 1. The summed E-state index contributed by atoms with van der Waals surface area (Å²) in [7, 11) is 2.19. The van der Waals surface area contributed by atoms with Gasteiger partial charge < -0.3 is 20.0 Å². The monoisotopic (exact) mass is 331 g/mol. The molecule has 0 bridgehead atoms. The second-order valence-corrected chi connectivity index (χ2v) is 6.97. The molecule has 3 heterocycles. The van der Waals surface area contributed by atoms with E-state index in [-0.39, 0.29) is 6.03 Å². The fourth-order valence-electron chi connectivity index (χ4n) is 3.73. The normalized spacial score (nSPS) is 22.5. The Labute approximate surface area is 144 Å². The first-order chi connectivity index (χ1) is 11.7. The zero-order chi connectivity index (χ0) is 16.8. The van der Waals surface area contributed by atoms with Crippen LogP contribution in [0.4, 0.5) is 10.5 Å². The van der Waals surface area contributed by atoms with Gasteiger partial charge in [-0.25, -0.2) is 4.79 Å². The van der Waals surface area contributed by atoms with Crippen molar-refractivity contribution in [3.05, 3.63) is 24.5 Å². The molecule has 2 aliphatic rings. The van der Waals surface area contributed by atoms with Crippen LogP contribution in [0.15, 0.2) is 24.5 Å². The maximum absolute atomic E-state index is 12.3. The minimum absolute atomic E-state index is 0.0912. The van der Waals surface area contributed by atoms with Gasteiger partial charge in [0.15, 0.2) is 0 Å². The summed E-state index contributed by atoms with van der Waals surface area (Å²) in [5.74, 6) is 0.729. The zero-order valence-corrected chi connectivity index (χ0v) is 14.7. The molecule has 0 aromatic carbocycles. The number of pyridine rings is 1. The Balaban J connectivity index is 1.36. The zero-order valence-electron chi connectivity index (χ0n) is 14.7. The van der Waals surface area contributed by atoms with E-state index in [0.717, 1.165) is 45.1 Å². The lowest BCUT2D eigenvalue weighted by Crippen LogP contribution is -2.52. The van der Waals surface area contributed by atoms with E-state index in [1.54, 1.807) is 0 Å². The summed E-state index contributed by atoms with van der Waals surface area (Å²) in [5, 5.41) is 3.11. The number of anilines is 1. The maximum atomic E-state index is 12.3. The molecule has 3 rings (SSSR count). The molecule has 6 heteroatoms. The molecule has 24 heavy (non-hydrogen) atoms. The van der Waals surface area contributed by atoms with Gasteiger partial charge in [0, 0.05) is 57.3 Å². The Hall–Kier alpha value is -1.82. The first-order valence-corrected chi connectivity index (χ1v) is 9.08. The van der Waals surface area contributed by atoms with Crippen LogP contribution < -0.4 is 10.2 Å². The van der Waals surface area contributed by atoms with Gasteiger partial charge in [-0.1, -0.05) is 0 Å². The summed E-state index contributed by atoms with van der Waals surface area (Å²) >= 11 is 0. The number of piperidine rings is 1. The number of nitrogens with one attached hydrogen (secondary N) is 1. The number of carbonyl (C=O) groups excluding carboxylic acids is 1. The van der Waals surface area contributed by atoms with E-state index >= 15 is 0 Å². The van der Waals surface area contributed by atoms with Crippen LogP contribution in [-0.2, 0) is 0 Å². The van der Waals surface area contributed by atoms with Gasteiger partial charge in [0.2, 0.25) is 0 Å². The molecule has 2 aliphatic heterocycles. The Bertz CT molecular complexity index is 515. The Morgan fingerprint density at radius 1 is 1.21 bits per heavy atom. The van der Waals surface area contributed by atoms with Crippen molar-refractivity contribution in [2.75, 3.05) is 57.8 Å². The van der Waals surface area contributed by atoms with Gasteiger partial charge in [-0.15, -0.1) is 0 Å². The third-order valence-corrected chi connectivity index (χ3v) is 5.15. The number of hydrogen-bond donors (Lipinski definition) is 1. The largest absolute Gasteiger partial charge is 0.368 e. The molecule has 0 radical (unpaired) electrons. The van der Waals surface area contributed by atoms with E-state index < -0.39 is 0 Å². The number of carbonyl (C=O) groups is 1. The third kappa shape index (κ3) is 4.60. The van der Waals surface area contributed by atoms with Crippen molar-refractivity contribution < 1.29 is 4.79 Å². The van der Waals surface area contributed by atoms with Gasteiger partial charge in [0.1, 0.15) is 0 Å². The summed E-state index contributed by atoms with van der Waals surface area (Å²) in [6, 6.07) is 4.14. The van der Waals surface area contributed by atoms with Gasteiger partial charge in [-0.05, 0) is 50.9 Å².